The minimum absolute atomic E-state index is 0.170. The minimum Gasteiger partial charge on any atom is -0.356 e. The van der Waals surface area contributed by atoms with Gasteiger partial charge in [0.05, 0.1) is 0 Å². The smallest absolute Gasteiger partial charge is 0.221 e. The first-order valence-corrected chi connectivity index (χ1v) is 6.23. The van der Waals surface area contributed by atoms with E-state index >= 15 is 0 Å². The zero-order valence-corrected chi connectivity index (χ0v) is 9.98. The van der Waals surface area contributed by atoms with Crippen molar-refractivity contribution in [2.45, 2.75) is 31.7 Å². The Morgan fingerprint density at radius 2 is 2.24 bits per heavy atom. The molecule has 1 saturated heterocycles. The topological polar surface area (TPSA) is 54.0 Å². The highest BCUT2D eigenvalue weighted by atomic mass is 16.1. The maximum absolute atomic E-state index is 11.4. The maximum atomic E-state index is 11.4. The molecule has 0 bridgehead atoms. The monoisotopic (exact) mass is 233 g/mol. The Morgan fingerprint density at radius 1 is 1.41 bits per heavy atom. The van der Waals surface area contributed by atoms with Crippen molar-refractivity contribution in [2.75, 3.05) is 13.1 Å². The molecule has 1 aliphatic heterocycles. The number of hydrogen-bond acceptors (Lipinski definition) is 3. The van der Waals surface area contributed by atoms with E-state index in [0.717, 1.165) is 32.4 Å². The lowest BCUT2D eigenvalue weighted by Crippen LogP contribution is -2.33. The van der Waals surface area contributed by atoms with Crippen molar-refractivity contribution in [1.29, 1.82) is 0 Å². The second-order valence-corrected chi connectivity index (χ2v) is 4.45. The molecule has 4 nitrogen and oxygen atoms in total. The lowest BCUT2D eigenvalue weighted by atomic mass is 10.1. The summed E-state index contributed by atoms with van der Waals surface area (Å²) in [4.78, 5) is 15.4. The fourth-order valence-electron chi connectivity index (χ4n) is 2.12. The standard InChI is InChI=1S/C13H19N3O/c17-13-10-12(2-1-6-16-13)15-9-5-11-3-7-14-8-4-11/h3-4,7-8,12,15H,1-2,5-6,9-10H2,(H,16,17). The zero-order chi connectivity index (χ0) is 11.9. The van der Waals surface area contributed by atoms with Crippen LogP contribution in [0.1, 0.15) is 24.8 Å². The highest BCUT2D eigenvalue weighted by Gasteiger charge is 2.16. The van der Waals surface area contributed by atoms with Gasteiger partial charge in [-0.2, -0.15) is 0 Å². The summed E-state index contributed by atoms with van der Waals surface area (Å²) in [6, 6.07) is 4.39. The molecule has 92 valence electrons. The number of amides is 1. The molecule has 2 heterocycles. The molecule has 17 heavy (non-hydrogen) atoms. The molecule has 0 radical (unpaired) electrons. The van der Waals surface area contributed by atoms with Gasteiger partial charge < -0.3 is 10.6 Å². The fourth-order valence-corrected chi connectivity index (χ4v) is 2.12. The van der Waals surface area contributed by atoms with Crippen LogP contribution in [0.3, 0.4) is 0 Å². The summed E-state index contributed by atoms with van der Waals surface area (Å²) < 4.78 is 0. The van der Waals surface area contributed by atoms with Crippen molar-refractivity contribution < 1.29 is 4.79 Å². The number of hydrogen-bond donors (Lipinski definition) is 2. The maximum Gasteiger partial charge on any atom is 0.221 e. The van der Waals surface area contributed by atoms with Crippen molar-refractivity contribution in [3.63, 3.8) is 0 Å². The molecular formula is C13H19N3O. The fraction of sp³-hybridized carbons (Fsp3) is 0.538. The van der Waals surface area contributed by atoms with Crippen LogP contribution in [0.25, 0.3) is 0 Å². The van der Waals surface area contributed by atoms with Crippen molar-refractivity contribution >= 4 is 5.91 Å². The van der Waals surface area contributed by atoms with E-state index < -0.39 is 0 Å². The molecule has 1 aromatic rings. The average molecular weight is 233 g/mol. The quantitative estimate of drug-likeness (QED) is 0.812. The molecule has 1 aromatic heterocycles. The van der Waals surface area contributed by atoms with E-state index in [0.29, 0.717) is 12.5 Å². The summed E-state index contributed by atoms with van der Waals surface area (Å²) in [5.41, 5.74) is 1.28. The summed E-state index contributed by atoms with van der Waals surface area (Å²) >= 11 is 0. The predicted molar refractivity (Wildman–Crippen MR) is 66.6 cm³/mol. The molecule has 0 aromatic carbocycles. The van der Waals surface area contributed by atoms with Gasteiger partial charge in [-0.1, -0.05) is 0 Å². The molecule has 1 aliphatic rings. The number of pyridine rings is 1. The van der Waals surface area contributed by atoms with Crippen molar-refractivity contribution in [3.05, 3.63) is 30.1 Å². The molecule has 0 saturated carbocycles. The van der Waals surface area contributed by atoms with Gasteiger partial charge in [-0.05, 0) is 43.5 Å². The number of nitrogens with one attached hydrogen (secondary N) is 2. The summed E-state index contributed by atoms with van der Waals surface area (Å²) in [6.45, 7) is 1.74. The number of carbonyl (C=O) groups is 1. The first-order chi connectivity index (χ1) is 8.34. The molecule has 0 spiro atoms. The molecule has 1 atom stereocenters. The Balaban J connectivity index is 1.72. The van der Waals surface area contributed by atoms with Gasteiger partial charge in [0.15, 0.2) is 0 Å². The molecule has 1 unspecified atom stereocenters. The zero-order valence-electron chi connectivity index (χ0n) is 9.98. The van der Waals surface area contributed by atoms with Crippen molar-refractivity contribution in [1.82, 2.24) is 15.6 Å². The lowest BCUT2D eigenvalue weighted by molar-refractivity contribution is -0.121. The van der Waals surface area contributed by atoms with E-state index in [1.165, 1.54) is 5.56 Å². The Labute approximate surface area is 102 Å². The molecule has 1 fully saturated rings. The second kappa shape index (κ2) is 6.35. The van der Waals surface area contributed by atoms with E-state index in [2.05, 4.69) is 15.6 Å². The molecule has 0 aliphatic carbocycles. The van der Waals surface area contributed by atoms with Crippen LogP contribution in [0, 0.1) is 0 Å². The highest BCUT2D eigenvalue weighted by molar-refractivity contribution is 5.76. The Kier molecular flexibility index (Phi) is 4.50. The third-order valence-corrected chi connectivity index (χ3v) is 3.08. The number of aromatic nitrogens is 1. The van der Waals surface area contributed by atoms with Gasteiger partial charge >= 0.3 is 0 Å². The van der Waals surface area contributed by atoms with Gasteiger partial charge in [0.25, 0.3) is 0 Å². The van der Waals surface area contributed by atoms with Crippen molar-refractivity contribution in [3.8, 4) is 0 Å². The van der Waals surface area contributed by atoms with E-state index in [1.54, 1.807) is 0 Å². The van der Waals surface area contributed by atoms with Gasteiger partial charge in [-0.25, -0.2) is 0 Å². The van der Waals surface area contributed by atoms with Crippen LogP contribution in [-0.4, -0.2) is 30.0 Å². The van der Waals surface area contributed by atoms with Crippen LogP contribution in [-0.2, 0) is 11.2 Å². The van der Waals surface area contributed by atoms with Crippen LogP contribution in [0.15, 0.2) is 24.5 Å². The number of rotatable bonds is 4. The second-order valence-electron chi connectivity index (χ2n) is 4.45. The minimum atomic E-state index is 0.170. The third kappa shape index (κ3) is 4.15. The van der Waals surface area contributed by atoms with Crippen LogP contribution in [0.5, 0.6) is 0 Å². The van der Waals surface area contributed by atoms with E-state index in [-0.39, 0.29) is 5.91 Å². The molecule has 2 rings (SSSR count). The van der Waals surface area contributed by atoms with E-state index in [4.69, 9.17) is 0 Å². The van der Waals surface area contributed by atoms with Gasteiger partial charge in [-0.15, -0.1) is 0 Å². The number of nitrogens with zero attached hydrogens (tertiary/aromatic N) is 1. The van der Waals surface area contributed by atoms with Crippen LogP contribution < -0.4 is 10.6 Å². The molecule has 4 heteroatoms. The number of carbonyl (C=O) groups excluding carboxylic acids is 1. The summed E-state index contributed by atoms with van der Waals surface area (Å²) in [7, 11) is 0. The molecule has 1 amide bonds. The van der Waals surface area contributed by atoms with Gasteiger partial charge in [0.1, 0.15) is 0 Å². The Morgan fingerprint density at radius 3 is 3.06 bits per heavy atom. The molecule has 2 N–H and O–H groups in total. The normalized spacial score (nSPS) is 20.7. The first kappa shape index (κ1) is 12.0. The van der Waals surface area contributed by atoms with Gasteiger partial charge in [-0.3, -0.25) is 9.78 Å². The highest BCUT2D eigenvalue weighted by Crippen LogP contribution is 2.06. The van der Waals surface area contributed by atoms with Crippen molar-refractivity contribution in [2.24, 2.45) is 0 Å². The van der Waals surface area contributed by atoms with Gasteiger partial charge in [0, 0.05) is 31.4 Å². The van der Waals surface area contributed by atoms with Crippen LogP contribution >= 0.6 is 0 Å². The summed E-state index contributed by atoms with van der Waals surface area (Å²) in [6.07, 6.45) is 7.37. The first-order valence-electron chi connectivity index (χ1n) is 6.23. The SMILES string of the molecule is O=C1CC(NCCc2ccncc2)CCCN1. The molecular weight excluding hydrogens is 214 g/mol. The lowest BCUT2D eigenvalue weighted by Gasteiger charge is -2.14. The average Bonchev–Trinajstić information content (AvgIpc) is 2.55. The van der Waals surface area contributed by atoms with Crippen LogP contribution in [0.4, 0.5) is 0 Å². The Bertz CT molecular complexity index is 353. The van der Waals surface area contributed by atoms with E-state index in [1.807, 2.05) is 24.5 Å². The predicted octanol–water partition coefficient (Wildman–Crippen LogP) is 0.882. The third-order valence-electron chi connectivity index (χ3n) is 3.08. The Hall–Kier alpha value is -1.42. The van der Waals surface area contributed by atoms with E-state index in [9.17, 15) is 4.79 Å². The largest absolute Gasteiger partial charge is 0.356 e. The van der Waals surface area contributed by atoms with Gasteiger partial charge in [0.2, 0.25) is 5.91 Å². The van der Waals surface area contributed by atoms with Crippen LogP contribution in [0.2, 0.25) is 0 Å². The summed E-state index contributed by atoms with van der Waals surface area (Å²) in [5.74, 6) is 0.170. The summed E-state index contributed by atoms with van der Waals surface area (Å²) in [5, 5.41) is 6.35.